The average molecular weight is 267 g/mol. The van der Waals surface area contributed by atoms with Gasteiger partial charge >= 0.3 is 5.97 Å². The Morgan fingerprint density at radius 2 is 2.28 bits per heavy atom. The molecule has 0 radical (unpaired) electrons. The molecule has 1 heterocycles. The summed E-state index contributed by atoms with van der Waals surface area (Å²) in [5.41, 5.74) is 1.63. The minimum absolute atomic E-state index is 0.273. The molecule has 0 aliphatic heterocycles. The lowest BCUT2D eigenvalue weighted by atomic mass is 10.3. The minimum Gasteiger partial charge on any atom is -0.479 e. The number of hydrogen-bond donors (Lipinski definition) is 1. The summed E-state index contributed by atoms with van der Waals surface area (Å²) in [7, 11) is 0. The van der Waals surface area contributed by atoms with Crippen LogP contribution in [0.3, 0.4) is 0 Å². The Morgan fingerprint density at radius 3 is 2.94 bits per heavy atom. The van der Waals surface area contributed by atoms with Crippen LogP contribution in [0, 0.1) is 6.92 Å². The van der Waals surface area contributed by atoms with Crippen LogP contribution in [0.1, 0.15) is 5.69 Å². The lowest BCUT2D eigenvalue weighted by Gasteiger charge is -2.03. The lowest BCUT2D eigenvalue weighted by Crippen LogP contribution is -2.09. The molecule has 0 fully saturated rings. The van der Waals surface area contributed by atoms with E-state index in [2.05, 4.69) is 5.10 Å². The number of halogens is 1. The van der Waals surface area contributed by atoms with Crippen molar-refractivity contribution in [1.82, 2.24) is 9.78 Å². The van der Waals surface area contributed by atoms with Crippen LogP contribution in [0.25, 0.3) is 5.69 Å². The van der Waals surface area contributed by atoms with E-state index in [1.807, 2.05) is 19.1 Å². The topological polar surface area (TPSA) is 64.3 Å². The SMILES string of the molecule is Cc1cc(OCC(=O)O)nn1-c1cccc(Cl)c1. The second kappa shape index (κ2) is 5.10. The number of aliphatic carboxylic acids is 1. The van der Waals surface area contributed by atoms with Gasteiger partial charge in [0.25, 0.3) is 0 Å². The van der Waals surface area contributed by atoms with Crippen LogP contribution in [0.5, 0.6) is 5.88 Å². The largest absolute Gasteiger partial charge is 0.479 e. The molecule has 0 unspecified atom stereocenters. The summed E-state index contributed by atoms with van der Waals surface area (Å²) < 4.78 is 6.66. The van der Waals surface area contributed by atoms with Crippen molar-refractivity contribution < 1.29 is 14.6 Å². The Balaban J connectivity index is 2.26. The summed E-state index contributed by atoms with van der Waals surface area (Å²) >= 11 is 5.91. The van der Waals surface area contributed by atoms with Crippen LogP contribution >= 0.6 is 11.6 Å². The molecule has 0 saturated carbocycles. The Kier molecular flexibility index (Phi) is 3.53. The van der Waals surface area contributed by atoms with Gasteiger partial charge in [0.2, 0.25) is 5.88 Å². The number of benzene rings is 1. The van der Waals surface area contributed by atoms with Crippen molar-refractivity contribution in [2.24, 2.45) is 0 Å². The highest BCUT2D eigenvalue weighted by molar-refractivity contribution is 6.30. The van der Waals surface area contributed by atoms with E-state index in [-0.39, 0.29) is 5.88 Å². The smallest absolute Gasteiger partial charge is 0.341 e. The van der Waals surface area contributed by atoms with Crippen molar-refractivity contribution in [3.05, 3.63) is 41.0 Å². The van der Waals surface area contributed by atoms with E-state index in [1.165, 1.54) is 0 Å². The number of carboxylic acids is 1. The maximum atomic E-state index is 10.4. The summed E-state index contributed by atoms with van der Waals surface area (Å²) in [6.07, 6.45) is 0. The van der Waals surface area contributed by atoms with E-state index < -0.39 is 12.6 Å². The molecule has 0 spiro atoms. The molecule has 1 N–H and O–H groups in total. The van der Waals surface area contributed by atoms with Gasteiger partial charge in [-0.1, -0.05) is 17.7 Å². The number of aryl methyl sites for hydroxylation is 1. The fourth-order valence-electron chi connectivity index (χ4n) is 1.52. The predicted octanol–water partition coefficient (Wildman–Crippen LogP) is 2.30. The van der Waals surface area contributed by atoms with Crippen molar-refractivity contribution >= 4 is 17.6 Å². The highest BCUT2D eigenvalue weighted by Gasteiger charge is 2.08. The third-order valence-electron chi connectivity index (χ3n) is 2.26. The third kappa shape index (κ3) is 2.81. The van der Waals surface area contributed by atoms with Crippen molar-refractivity contribution in [3.8, 4) is 11.6 Å². The second-order valence-electron chi connectivity index (χ2n) is 3.70. The Bertz CT molecular complexity index is 580. The average Bonchev–Trinajstić information content (AvgIpc) is 2.68. The highest BCUT2D eigenvalue weighted by Crippen LogP contribution is 2.19. The van der Waals surface area contributed by atoms with Gasteiger partial charge in [0.15, 0.2) is 6.61 Å². The molecule has 0 aliphatic rings. The van der Waals surface area contributed by atoms with Crippen molar-refractivity contribution in [3.63, 3.8) is 0 Å². The molecular formula is C12H11ClN2O3. The maximum Gasteiger partial charge on any atom is 0.341 e. The van der Waals surface area contributed by atoms with Gasteiger partial charge < -0.3 is 9.84 Å². The second-order valence-corrected chi connectivity index (χ2v) is 4.13. The van der Waals surface area contributed by atoms with Crippen LogP contribution < -0.4 is 4.74 Å². The summed E-state index contributed by atoms with van der Waals surface area (Å²) in [6.45, 7) is 1.44. The minimum atomic E-state index is -1.04. The van der Waals surface area contributed by atoms with Crippen LogP contribution in [-0.2, 0) is 4.79 Å². The van der Waals surface area contributed by atoms with Gasteiger partial charge in [0, 0.05) is 16.8 Å². The molecule has 1 aromatic heterocycles. The quantitative estimate of drug-likeness (QED) is 0.922. The fraction of sp³-hybridized carbons (Fsp3) is 0.167. The Hall–Kier alpha value is -2.01. The number of ether oxygens (including phenoxy) is 1. The molecule has 0 atom stereocenters. The number of hydrogen-bond acceptors (Lipinski definition) is 3. The predicted molar refractivity (Wildman–Crippen MR) is 66.4 cm³/mol. The van der Waals surface area contributed by atoms with Gasteiger partial charge in [0.1, 0.15) is 0 Å². The summed E-state index contributed by atoms with van der Waals surface area (Å²) in [5.74, 6) is -0.764. The van der Waals surface area contributed by atoms with E-state index in [0.717, 1.165) is 11.4 Å². The van der Waals surface area contributed by atoms with E-state index in [9.17, 15) is 4.79 Å². The molecule has 0 aliphatic carbocycles. The summed E-state index contributed by atoms with van der Waals surface area (Å²) in [4.78, 5) is 10.4. The molecular weight excluding hydrogens is 256 g/mol. The maximum absolute atomic E-state index is 10.4. The molecule has 2 rings (SSSR count). The first-order valence-corrected chi connectivity index (χ1v) is 5.61. The number of carbonyl (C=O) groups is 1. The van der Waals surface area contributed by atoms with Gasteiger partial charge in [-0.2, -0.15) is 0 Å². The molecule has 94 valence electrons. The van der Waals surface area contributed by atoms with E-state index in [1.54, 1.807) is 22.9 Å². The van der Waals surface area contributed by atoms with Crippen molar-refractivity contribution in [2.75, 3.05) is 6.61 Å². The fourth-order valence-corrected chi connectivity index (χ4v) is 1.71. The number of carboxylic acid groups (broad SMARTS) is 1. The standard InChI is InChI=1S/C12H11ClN2O3/c1-8-5-11(18-7-12(16)17)14-15(8)10-4-2-3-9(13)6-10/h2-6H,7H2,1H3,(H,16,17). The molecule has 5 nitrogen and oxygen atoms in total. The zero-order valence-electron chi connectivity index (χ0n) is 9.63. The zero-order chi connectivity index (χ0) is 13.1. The third-order valence-corrected chi connectivity index (χ3v) is 2.50. The molecule has 0 amide bonds. The first-order valence-electron chi connectivity index (χ1n) is 5.23. The molecule has 0 saturated heterocycles. The zero-order valence-corrected chi connectivity index (χ0v) is 10.4. The van der Waals surface area contributed by atoms with E-state index in [0.29, 0.717) is 5.02 Å². The molecule has 18 heavy (non-hydrogen) atoms. The Labute approximate surface area is 109 Å². The molecule has 0 bridgehead atoms. The highest BCUT2D eigenvalue weighted by atomic mass is 35.5. The van der Waals surface area contributed by atoms with Crippen LogP contribution in [0.15, 0.2) is 30.3 Å². The van der Waals surface area contributed by atoms with Crippen LogP contribution in [-0.4, -0.2) is 27.5 Å². The summed E-state index contributed by atoms with van der Waals surface area (Å²) in [6, 6.07) is 8.88. The first-order chi connectivity index (χ1) is 8.56. The van der Waals surface area contributed by atoms with Gasteiger partial charge in [-0.3, -0.25) is 0 Å². The molecule has 1 aromatic carbocycles. The lowest BCUT2D eigenvalue weighted by molar-refractivity contribution is -0.139. The van der Waals surface area contributed by atoms with Gasteiger partial charge in [-0.15, -0.1) is 5.10 Å². The molecule has 6 heteroatoms. The van der Waals surface area contributed by atoms with Crippen molar-refractivity contribution in [1.29, 1.82) is 0 Å². The van der Waals surface area contributed by atoms with Crippen LogP contribution in [0.4, 0.5) is 0 Å². The summed E-state index contributed by atoms with van der Waals surface area (Å²) in [5, 5.41) is 13.3. The normalized spacial score (nSPS) is 10.3. The number of rotatable bonds is 4. The Morgan fingerprint density at radius 1 is 1.50 bits per heavy atom. The number of nitrogens with zero attached hydrogens (tertiary/aromatic N) is 2. The van der Waals surface area contributed by atoms with E-state index >= 15 is 0 Å². The number of aromatic nitrogens is 2. The van der Waals surface area contributed by atoms with Crippen molar-refractivity contribution in [2.45, 2.75) is 6.92 Å². The molecule has 2 aromatic rings. The monoisotopic (exact) mass is 266 g/mol. The van der Waals surface area contributed by atoms with E-state index in [4.69, 9.17) is 21.4 Å². The van der Waals surface area contributed by atoms with Crippen LogP contribution in [0.2, 0.25) is 5.02 Å². The van der Waals surface area contributed by atoms with Gasteiger partial charge in [0.05, 0.1) is 5.69 Å². The van der Waals surface area contributed by atoms with Gasteiger partial charge in [-0.05, 0) is 25.1 Å². The first kappa shape index (κ1) is 12.4. The van der Waals surface area contributed by atoms with Gasteiger partial charge in [-0.25, -0.2) is 9.48 Å².